The van der Waals surface area contributed by atoms with Crippen LogP contribution in [0.1, 0.15) is 84.0 Å². The minimum absolute atomic E-state index is 0.256. The Bertz CT molecular complexity index is 528. The average Bonchev–Trinajstić information content (AvgIpc) is 2.77. The number of esters is 1. The van der Waals surface area contributed by atoms with Crippen LogP contribution in [0.5, 0.6) is 0 Å². The van der Waals surface area contributed by atoms with Crippen molar-refractivity contribution in [2.24, 2.45) is 0 Å². The summed E-state index contributed by atoms with van der Waals surface area (Å²) in [5, 5.41) is 27.4. The molecule has 32 heavy (non-hydrogen) atoms. The molecule has 0 aromatic rings. The Morgan fingerprint density at radius 3 is 1.97 bits per heavy atom. The molecule has 0 fully saturated rings. The lowest BCUT2D eigenvalue weighted by Gasteiger charge is -2.16. The molecule has 0 aromatic carbocycles. The molecule has 0 amide bonds. The van der Waals surface area contributed by atoms with Gasteiger partial charge in [0.05, 0.1) is 19.8 Å². The molecular formula is C22H43O9P. The number of hydrogen-bond donors (Lipinski definition) is 4. The number of hydrogen-bond acceptors (Lipinski definition) is 8. The minimum atomic E-state index is -4.48. The minimum Gasteiger partial charge on any atom is -0.463 e. The van der Waals surface area contributed by atoms with Gasteiger partial charge in [0.2, 0.25) is 0 Å². The fourth-order valence-corrected chi connectivity index (χ4v) is 3.54. The lowest BCUT2D eigenvalue weighted by Crippen LogP contribution is -2.24. The van der Waals surface area contributed by atoms with Gasteiger partial charge < -0.3 is 24.9 Å². The molecule has 0 saturated heterocycles. The summed E-state index contributed by atoms with van der Waals surface area (Å²) in [4.78, 5) is 21.1. The molecule has 3 atom stereocenters. The first-order valence-corrected chi connectivity index (χ1v) is 13.2. The van der Waals surface area contributed by atoms with Gasteiger partial charge in [-0.3, -0.25) is 13.8 Å². The Morgan fingerprint density at radius 1 is 0.844 bits per heavy atom. The Hall–Kier alpha value is -0.800. The van der Waals surface area contributed by atoms with Crippen molar-refractivity contribution in [3.8, 4) is 0 Å². The van der Waals surface area contributed by atoms with Crippen molar-refractivity contribution >= 4 is 13.8 Å². The summed E-state index contributed by atoms with van der Waals surface area (Å²) in [6.07, 6.45) is 14.6. The van der Waals surface area contributed by atoms with Crippen LogP contribution in [-0.4, -0.2) is 64.8 Å². The second-order valence-electron chi connectivity index (χ2n) is 7.86. The maximum Gasteiger partial charge on any atom is 0.472 e. The highest BCUT2D eigenvalue weighted by molar-refractivity contribution is 7.47. The molecule has 0 heterocycles. The molecule has 0 radical (unpaired) electrons. The van der Waals surface area contributed by atoms with Crippen LogP contribution in [0.4, 0.5) is 0 Å². The molecule has 0 aliphatic carbocycles. The van der Waals surface area contributed by atoms with E-state index in [9.17, 15) is 19.4 Å². The van der Waals surface area contributed by atoms with Crippen molar-refractivity contribution < 1.29 is 43.4 Å². The van der Waals surface area contributed by atoms with Crippen LogP contribution in [0.25, 0.3) is 0 Å². The van der Waals surface area contributed by atoms with E-state index in [-0.39, 0.29) is 13.0 Å². The third-order valence-corrected chi connectivity index (χ3v) is 5.60. The van der Waals surface area contributed by atoms with Gasteiger partial charge in [-0.1, -0.05) is 57.6 Å². The van der Waals surface area contributed by atoms with Gasteiger partial charge in [0, 0.05) is 6.42 Å². The van der Waals surface area contributed by atoms with Crippen LogP contribution >= 0.6 is 7.82 Å². The SMILES string of the molecule is CCCCCC/C=C\CCCCCCCC(=O)OC[C@@H](O)COP(=O)(O)OC[C@@H](O)CO. The summed E-state index contributed by atoms with van der Waals surface area (Å²) in [5.74, 6) is -0.440. The molecule has 9 nitrogen and oxygen atoms in total. The molecule has 0 aromatic heterocycles. The number of rotatable bonds is 22. The summed E-state index contributed by atoms with van der Waals surface area (Å²) in [5.41, 5.74) is 0. The number of allylic oxidation sites excluding steroid dienone is 2. The number of phosphoric acid groups is 1. The highest BCUT2D eigenvalue weighted by Gasteiger charge is 2.24. The highest BCUT2D eigenvalue weighted by atomic mass is 31.2. The van der Waals surface area contributed by atoms with Crippen molar-refractivity contribution in [3.63, 3.8) is 0 Å². The number of ether oxygens (including phenoxy) is 1. The van der Waals surface area contributed by atoms with E-state index in [1.807, 2.05) is 0 Å². The fraction of sp³-hybridized carbons (Fsp3) is 0.864. The van der Waals surface area contributed by atoms with Gasteiger partial charge in [0.15, 0.2) is 0 Å². The van der Waals surface area contributed by atoms with Crippen molar-refractivity contribution in [2.75, 3.05) is 26.4 Å². The highest BCUT2D eigenvalue weighted by Crippen LogP contribution is 2.43. The lowest BCUT2D eigenvalue weighted by atomic mass is 10.1. The number of carbonyl (C=O) groups is 1. The molecule has 4 N–H and O–H groups in total. The van der Waals surface area contributed by atoms with Gasteiger partial charge in [-0.25, -0.2) is 4.57 Å². The molecule has 0 rings (SSSR count). The number of carbonyl (C=O) groups excluding carboxylic acids is 1. The standard InChI is InChI=1S/C22H43O9P/c1-2-3-4-5-6-7-8-9-10-11-12-13-14-15-22(26)29-17-21(25)19-31-32(27,28)30-18-20(24)16-23/h7-8,20-21,23-25H,2-6,9-19H2,1H3,(H,27,28)/b8-7-/t20-,21+/m0/s1. The third kappa shape index (κ3) is 21.1. The monoisotopic (exact) mass is 482 g/mol. The van der Waals surface area contributed by atoms with E-state index in [0.29, 0.717) is 6.42 Å². The maximum absolute atomic E-state index is 11.7. The van der Waals surface area contributed by atoms with E-state index in [4.69, 9.17) is 14.9 Å². The Kier molecular flexibility index (Phi) is 20.3. The molecule has 0 saturated carbocycles. The fourth-order valence-electron chi connectivity index (χ4n) is 2.75. The lowest BCUT2D eigenvalue weighted by molar-refractivity contribution is -0.147. The zero-order valence-corrected chi connectivity index (χ0v) is 20.3. The first-order valence-electron chi connectivity index (χ1n) is 11.7. The Morgan fingerprint density at radius 2 is 1.38 bits per heavy atom. The first kappa shape index (κ1) is 31.2. The van der Waals surface area contributed by atoms with E-state index in [2.05, 4.69) is 28.1 Å². The number of unbranched alkanes of at least 4 members (excludes halogenated alkanes) is 9. The Balaban J connectivity index is 3.61. The summed E-state index contributed by atoms with van der Waals surface area (Å²) < 4.78 is 25.4. The van der Waals surface area contributed by atoms with Gasteiger partial charge in [-0.2, -0.15) is 0 Å². The maximum atomic E-state index is 11.7. The molecular weight excluding hydrogens is 439 g/mol. The van der Waals surface area contributed by atoms with E-state index >= 15 is 0 Å². The van der Waals surface area contributed by atoms with Crippen LogP contribution in [0.3, 0.4) is 0 Å². The second-order valence-corrected chi connectivity index (χ2v) is 9.31. The van der Waals surface area contributed by atoms with Crippen LogP contribution in [0.2, 0.25) is 0 Å². The summed E-state index contributed by atoms with van der Waals surface area (Å²) in [6.45, 7) is 0.0561. The molecule has 190 valence electrons. The summed E-state index contributed by atoms with van der Waals surface area (Å²) in [7, 11) is -4.48. The van der Waals surface area contributed by atoms with E-state index in [0.717, 1.165) is 32.1 Å². The van der Waals surface area contributed by atoms with E-state index in [1.54, 1.807) is 0 Å². The quantitative estimate of drug-likeness (QED) is 0.0787. The molecule has 0 spiro atoms. The van der Waals surface area contributed by atoms with Crippen molar-refractivity contribution in [3.05, 3.63) is 12.2 Å². The summed E-state index contributed by atoms with van der Waals surface area (Å²) >= 11 is 0. The van der Waals surface area contributed by atoms with Gasteiger partial charge in [0.25, 0.3) is 0 Å². The smallest absolute Gasteiger partial charge is 0.463 e. The Labute approximate surface area is 192 Å². The molecule has 1 unspecified atom stereocenters. The predicted molar refractivity (Wildman–Crippen MR) is 122 cm³/mol. The predicted octanol–water partition coefficient (Wildman–Crippen LogP) is 3.63. The van der Waals surface area contributed by atoms with Crippen LogP contribution in [0.15, 0.2) is 12.2 Å². The normalized spacial score (nSPS) is 15.5. The zero-order chi connectivity index (χ0) is 24.1. The third-order valence-electron chi connectivity index (χ3n) is 4.65. The molecule has 0 aliphatic heterocycles. The van der Waals surface area contributed by atoms with Crippen molar-refractivity contribution in [1.82, 2.24) is 0 Å². The van der Waals surface area contributed by atoms with E-state index in [1.165, 1.54) is 32.1 Å². The first-order chi connectivity index (χ1) is 15.3. The molecule has 10 heteroatoms. The zero-order valence-electron chi connectivity index (χ0n) is 19.4. The second kappa shape index (κ2) is 20.8. The van der Waals surface area contributed by atoms with Gasteiger partial charge >= 0.3 is 13.8 Å². The van der Waals surface area contributed by atoms with Gasteiger partial charge in [-0.15, -0.1) is 0 Å². The number of aliphatic hydroxyl groups is 3. The number of phosphoric ester groups is 1. The van der Waals surface area contributed by atoms with Crippen LogP contribution < -0.4 is 0 Å². The summed E-state index contributed by atoms with van der Waals surface area (Å²) in [6, 6.07) is 0. The van der Waals surface area contributed by atoms with Crippen molar-refractivity contribution in [1.29, 1.82) is 0 Å². The van der Waals surface area contributed by atoms with Gasteiger partial charge in [0.1, 0.15) is 18.8 Å². The van der Waals surface area contributed by atoms with E-state index < -0.39 is 45.8 Å². The van der Waals surface area contributed by atoms with Gasteiger partial charge in [-0.05, 0) is 32.1 Å². The van der Waals surface area contributed by atoms with Crippen LogP contribution in [-0.2, 0) is 23.1 Å². The van der Waals surface area contributed by atoms with Crippen molar-refractivity contribution in [2.45, 2.75) is 96.2 Å². The average molecular weight is 483 g/mol. The molecule has 0 aliphatic rings. The largest absolute Gasteiger partial charge is 0.472 e. The topological polar surface area (TPSA) is 143 Å². The molecule has 0 bridgehead atoms. The number of aliphatic hydroxyl groups excluding tert-OH is 3. The van der Waals surface area contributed by atoms with Crippen LogP contribution in [0, 0.1) is 0 Å².